The maximum Gasteiger partial charge on any atom is 0.0542 e. The first-order valence-corrected chi connectivity index (χ1v) is 4.90. The Morgan fingerprint density at radius 1 is 1.36 bits per heavy atom. The van der Waals surface area contributed by atoms with Gasteiger partial charge in [0.05, 0.1) is 5.69 Å². The smallest absolute Gasteiger partial charge is 0.0542 e. The van der Waals surface area contributed by atoms with Crippen molar-refractivity contribution in [3.63, 3.8) is 0 Å². The molecule has 0 saturated heterocycles. The summed E-state index contributed by atoms with van der Waals surface area (Å²) in [6, 6.07) is 4.13. The van der Waals surface area contributed by atoms with Crippen molar-refractivity contribution < 1.29 is 0 Å². The molecule has 0 bridgehead atoms. The van der Waals surface area contributed by atoms with E-state index < -0.39 is 0 Å². The molecule has 0 atom stereocenters. The number of aromatic nitrogens is 1. The summed E-state index contributed by atoms with van der Waals surface area (Å²) < 4.78 is 0. The van der Waals surface area contributed by atoms with Gasteiger partial charge in [0.25, 0.3) is 0 Å². The first kappa shape index (κ1) is 9.37. The first-order valence-electron chi connectivity index (χ1n) is 4.90. The van der Waals surface area contributed by atoms with E-state index >= 15 is 0 Å². The maximum atomic E-state index is 5.54. The summed E-state index contributed by atoms with van der Waals surface area (Å²) in [5, 5.41) is 0. The predicted octanol–water partition coefficient (Wildman–Crippen LogP) is 0.912. The molecule has 0 aliphatic carbocycles. The molecule has 2 rings (SSSR count). The van der Waals surface area contributed by atoms with E-state index in [1.54, 1.807) is 0 Å². The van der Waals surface area contributed by atoms with Crippen molar-refractivity contribution >= 4 is 0 Å². The highest BCUT2D eigenvalue weighted by atomic mass is 15.1. The van der Waals surface area contributed by atoms with Crippen molar-refractivity contribution in [2.24, 2.45) is 5.73 Å². The highest BCUT2D eigenvalue weighted by Crippen LogP contribution is 2.08. The van der Waals surface area contributed by atoms with Gasteiger partial charge in [0.1, 0.15) is 0 Å². The Bertz CT molecular complexity index is 325. The van der Waals surface area contributed by atoms with Gasteiger partial charge in [0.2, 0.25) is 0 Å². The van der Waals surface area contributed by atoms with Crippen LogP contribution in [0.15, 0.2) is 30.5 Å². The van der Waals surface area contributed by atoms with Crippen LogP contribution in [0.3, 0.4) is 0 Å². The molecule has 0 saturated carbocycles. The van der Waals surface area contributed by atoms with Gasteiger partial charge in [-0.05, 0) is 17.7 Å². The molecule has 0 fully saturated rings. The SMILES string of the molecule is NCc1cc(CN2CC=CC2)ccn1. The standard InChI is InChI=1S/C11H15N3/c12-8-11-7-10(3-4-13-11)9-14-5-1-2-6-14/h1-4,7H,5-6,8-9,12H2. The Kier molecular flexibility index (Phi) is 2.91. The molecule has 74 valence electrons. The molecule has 2 N–H and O–H groups in total. The van der Waals surface area contributed by atoms with E-state index in [1.807, 2.05) is 6.20 Å². The monoisotopic (exact) mass is 189 g/mol. The molecule has 0 spiro atoms. The third-order valence-corrected chi connectivity index (χ3v) is 2.39. The third kappa shape index (κ3) is 2.19. The fourth-order valence-corrected chi connectivity index (χ4v) is 1.65. The predicted molar refractivity (Wildman–Crippen MR) is 56.5 cm³/mol. The summed E-state index contributed by atoms with van der Waals surface area (Å²) in [5.41, 5.74) is 7.80. The van der Waals surface area contributed by atoms with Crippen molar-refractivity contribution in [3.8, 4) is 0 Å². The second-order valence-electron chi connectivity index (χ2n) is 3.53. The van der Waals surface area contributed by atoms with Gasteiger partial charge in [-0.3, -0.25) is 9.88 Å². The van der Waals surface area contributed by atoms with Gasteiger partial charge in [-0.25, -0.2) is 0 Å². The Balaban J connectivity index is 2.01. The fraction of sp³-hybridized carbons (Fsp3) is 0.364. The number of rotatable bonds is 3. The molecular formula is C11H15N3. The maximum absolute atomic E-state index is 5.54. The van der Waals surface area contributed by atoms with Crippen LogP contribution in [0.5, 0.6) is 0 Å². The van der Waals surface area contributed by atoms with Crippen LogP contribution in [-0.2, 0) is 13.1 Å². The largest absolute Gasteiger partial charge is 0.325 e. The number of nitrogens with two attached hydrogens (primary N) is 1. The highest BCUT2D eigenvalue weighted by molar-refractivity contribution is 5.16. The Labute approximate surface area is 84.2 Å². The van der Waals surface area contributed by atoms with Crippen molar-refractivity contribution in [2.45, 2.75) is 13.1 Å². The van der Waals surface area contributed by atoms with Crippen LogP contribution in [0.25, 0.3) is 0 Å². The summed E-state index contributed by atoms with van der Waals surface area (Å²) in [6.45, 7) is 3.62. The second kappa shape index (κ2) is 4.35. The van der Waals surface area contributed by atoms with Gasteiger partial charge < -0.3 is 5.73 Å². The number of nitrogens with zero attached hydrogens (tertiary/aromatic N) is 2. The lowest BCUT2D eigenvalue weighted by Crippen LogP contribution is -2.19. The average molecular weight is 189 g/mol. The summed E-state index contributed by atoms with van der Waals surface area (Å²) in [5.74, 6) is 0. The molecule has 0 radical (unpaired) electrons. The molecule has 1 aromatic heterocycles. The fourth-order valence-electron chi connectivity index (χ4n) is 1.65. The molecule has 3 heteroatoms. The van der Waals surface area contributed by atoms with Crippen molar-refractivity contribution in [1.29, 1.82) is 0 Å². The molecule has 2 heterocycles. The van der Waals surface area contributed by atoms with Crippen LogP contribution < -0.4 is 5.73 Å². The molecule has 0 aromatic carbocycles. The summed E-state index contributed by atoms with van der Waals surface area (Å²) in [6.07, 6.45) is 6.23. The van der Waals surface area contributed by atoms with Crippen molar-refractivity contribution in [1.82, 2.24) is 9.88 Å². The zero-order chi connectivity index (χ0) is 9.80. The minimum atomic E-state index is 0.520. The van der Waals surface area contributed by atoms with Crippen molar-refractivity contribution in [3.05, 3.63) is 41.7 Å². The molecule has 1 aliphatic rings. The van der Waals surface area contributed by atoms with Crippen LogP contribution >= 0.6 is 0 Å². The lowest BCUT2D eigenvalue weighted by Gasteiger charge is -2.14. The van der Waals surface area contributed by atoms with E-state index in [2.05, 4.69) is 34.2 Å². The van der Waals surface area contributed by atoms with Gasteiger partial charge in [0, 0.05) is 32.4 Å². The summed E-state index contributed by atoms with van der Waals surface area (Å²) in [4.78, 5) is 6.54. The van der Waals surface area contributed by atoms with E-state index in [1.165, 1.54) is 5.56 Å². The normalized spacial score (nSPS) is 16.4. The Hall–Kier alpha value is -1.19. The third-order valence-electron chi connectivity index (χ3n) is 2.39. The minimum Gasteiger partial charge on any atom is -0.325 e. The van der Waals surface area contributed by atoms with Gasteiger partial charge in [-0.1, -0.05) is 12.2 Å². The molecular weight excluding hydrogens is 174 g/mol. The van der Waals surface area contributed by atoms with Crippen LogP contribution in [0.4, 0.5) is 0 Å². The molecule has 0 unspecified atom stereocenters. The number of pyridine rings is 1. The van der Waals surface area contributed by atoms with Crippen LogP contribution in [0, 0.1) is 0 Å². The van der Waals surface area contributed by atoms with E-state index in [9.17, 15) is 0 Å². The minimum absolute atomic E-state index is 0.520. The Morgan fingerprint density at radius 3 is 2.86 bits per heavy atom. The van der Waals surface area contributed by atoms with Gasteiger partial charge in [0.15, 0.2) is 0 Å². The number of hydrogen-bond donors (Lipinski definition) is 1. The highest BCUT2D eigenvalue weighted by Gasteiger charge is 2.06. The van der Waals surface area contributed by atoms with E-state index in [0.29, 0.717) is 6.54 Å². The average Bonchev–Trinajstić information content (AvgIpc) is 2.71. The lowest BCUT2D eigenvalue weighted by atomic mass is 10.2. The molecule has 1 aliphatic heterocycles. The number of hydrogen-bond acceptors (Lipinski definition) is 3. The quantitative estimate of drug-likeness (QED) is 0.719. The molecule has 1 aromatic rings. The molecule has 3 nitrogen and oxygen atoms in total. The first-order chi connectivity index (χ1) is 6.88. The van der Waals surface area contributed by atoms with Crippen LogP contribution in [0.1, 0.15) is 11.3 Å². The van der Waals surface area contributed by atoms with Gasteiger partial charge in [-0.15, -0.1) is 0 Å². The van der Waals surface area contributed by atoms with Crippen molar-refractivity contribution in [2.75, 3.05) is 13.1 Å². The zero-order valence-corrected chi connectivity index (χ0v) is 8.19. The topological polar surface area (TPSA) is 42.1 Å². The summed E-state index contributed by atoms with van der Waals surface area (Å²) in [7, 11) is 0. The van der Waals surface area contributed by atoms with E-state index in [4.69, 9.17) is 5.73 Å². The van der Waals surface area contributed by atoms with Gasteiger partial charge >= 0.3 is 0 Å². The second-order valence-corrected chi connectivity index (χ2v) is 3.53. The van der Waals surface area contributed by atoms with E-state index in [0.717, 1.165) is 25.3 Å². The Morgan fingerprint density at radius 2 is 2.14 bits per heavy atom. The zero-order valence-electron chi connectivity index (χ0n) is 8.19. The van der Waals surface area contributed by atoms with E-state index in [-0.39, 0.29) is 0 Å². The van der Waals surface area contributed by atoms with Crippen LogP contribution in [-0.4, -0.2) is 23.0 Å². The van der Waals surface area contributed by atoms with Gasteiger partial charge in [-0.2, -0.15) is 0 Å². The van der Waals surface area contributed by atoms with Crippen LogP contribution in [0.2, 0.25) is 0 Å². The lowest BCUT2D eigenvalue weighted by molar-refractivity contribution is 0.345. The molecule has 0 amide bonds. The summed E-state index contributed by atoms with van der Waals surface area (Å²) >= 11 is 0. The molecule has 14 heavy (non-hydrogen) atoms.